The number of aryl methyl sites for hydroxylation is 1. The highest BCUT2D eigenvalue weighted by Gasteiger charge is 2.23. The average Bonchev–Trinajstić information content (AvgIpc) is 3.31. The molecule has 0 spiro atoms. The molecule has 1 aliphatic rings. The molecule has 1 fully saturated rings. The molecule has 1 aromatic heterocycles. The molecule has 1 saturated heterocycles. The van der Waals surface area contributed by atoms with Crippen LogP contribution in [0.4, 0.5) is 0 Å². The van der Waals surface area contributed by atoms with E-state index in [1.165, 1.54) is 44.4 Å². The summed E-state index contributed by atoms with van der Waals surface area (Å²) >= 11 is 0. The van der Waals surface area contributed by atoms with E-state index in [1.807, 2.05) is 0 Å². The van der Waals surface area contributed by atoms with E-state index in [9.17, 15) is 5.11 Å². The van der Waals surface area contributed by atoms with Gasteiger partial charge in [-0.25, -0.2) is 0 Å². The second-order valence-corrected chi connectivity index (χ2v) is 11.1. The molecule has 6 rings (SSSR count). The van der Waals surface area contributed by atoms with E-state index in [0.29, 0.717) is 6.54 Å². The average molecular weight is 530 g/mol. The molecule has 0 amide bonds. The van der Waals surface area contributed by atoms with Crippen molar-refractivity contribution in [1.29, 1.82) is 0 Å². The summed E-state index contributed by atoms with van der Waals surface area (Å²) in [7, 11) is 0. The van der Waals surface area contributed by atoms with Crippen LogP contribution in [0.3, 0.4) is 0 Å². The Morgan fingerprint density at radius 3 is 1.98 bits per heavy atom. The molecule has 40 heavy (non-hydrogen) atoms. The Bertz CT molecular complexity index is 1520. The van der Waals surface area contributed by atoms with E-state index in [1.54, 1.807) is 0 Å². The van der Waals surface area contributed by atoms with Gasteiger partial charge in [0.25, 0.3) is 0 Å². The van der Waals surface area contributed by atoms with Crippen molar-refractivity contribution in [2.45, 2.75) is 32.5 Å². The van der Waals surface area contributed by atoms with Gasteiger partial charge in [-0.15, -0.1) is 0 Å². The van der Waals surface area contributed by atoms with Crippen LogP contribution in [0.5, 0.6) is 0 Å². The van der Waals surface area contributed by atoms with Gasteiger partial charge < -0.3 is 14.6 Å². The van der Waals surface area contributed by atoms with Gasteiger partial charge in [-0.05, 0) is 42.2 Å². The number of benzene rings is 4. The van der Waals surface area contributed by atoms with Crippen LogP contribution < -0.4 is 0 Å². The standard InChI is InChI=1S/C36H39N3O/c1-28-17-18-34-33(25-28)35(30-13-7-3-8-14-30)36(31-15-9-4-10-16-31)39(34)27-32(40)19-20-37-21-23-38(24-22-37)26-29-11-5-2-6-12-29/h2-18,25,32,40H,19-24,26-27H2,1H3/t32-/m1/s1. The number of nitrogens with zero attached hydrogens (tertiary/aromatic N) is 3. The van der Waals surface area contributed by atoms with E-state index in [2.05, 4.69) is 130 Å². The van der Waals surface area contributed by atoms with Gasteiger partial charge in [-0.1, -0.05) is 103 Å². The highest BCUT2D eigenvalue weighted by atomic mass is 16.3. The van der Waals surface area contributed by atoms with Crippen LogP contribution in [0.1, 0.15) is 17.5 Å². The number of rotatable bonds is 9. The topological polar surface area (TPSA) is 31.6 Å². The Kier molecular flexibility index (Phi) is 8.10. The Hall–Kier alpha value is -3.70. The van der Waals surface area contributed by atoms with Gasteiger partial charge in [0, 0.05) is 62.3 Å². The Morgan fingerprint density at radius 1 is 0.700 bits per heavy atom. The fraction of sp³-hybridized carbons (Fsp3) is 0.278. The van der Waals surface area contributed by atoms with Gasteiger partial charge in [-0.3, -0.25) is 4.90 Å². The van der Waals surface area contributed by atoms with Crippen molar-refractivity contribution < 1.29 is 5.11 Å². The third kappa shape index (κ3) is 5.90. The first-order valence-corrected chi connectivity index (χ1v) is 14.6. The molecule has 0 saturated carbocycles. The lowest BCUT2D eigenvalue weighted by Crippen LogP contribution is -2.46. The lowest BCUT2D eigenvalue weighted by atomic mass is 9.97. The molecular weight excluding hydrogens is 490 g/mol. The van der Waals surface area contributed by atoms with E-state index < -0.39 is 6.10 Å². The van der Waals surface area contributed by atoms with Gasteiger partial charge in [-0.2, -0.15) is 0 Å². The van der Waals surface area contributed by atoms with E-state index in [-0.39, 0.29) is 0 Å². The van der Waals surface area contributed by atoms with Crippen molar-refractivity contribution in [3.8, 4) is 22.4 Å². The summed E-state index contributed by atoms with van der Waals surface area (Å²) in [5, 5.41) is 12.6. The molecule has 0 aliphatic carbocycles. The molecule has 2 heterocycles. The van der Waals surface area contributed by atoms with Gasteiger partial charge >= 0.3 is 0 Å². The summed E-state index contributed by atoms with van der Waals surface area (Å²) in [5.74, 6) is 0. The Labute approximate surface area is 238 Å². The minimum absolute atomic E-state index is 0.426. The normalized spacial score (nSPS) is 15.4. The van der Waals surface area contributed by atoms with Crippen molar-refractivity contribution in [2.24, 2.45) is 0 Å². The van der Waals surface area contributed by atoms with Gasteiger partial charge in [0.05, 0.1) is 11.8 Å². The first kappa shape index (κ1) is 26.5. The van der Waals surface area contributed by atoms with Crippen LogP contribution in [0.2, 0.25) is 0 Å². The maximum Gasteiger partial charge on any atom is 0.0731 e. The van der Waals surface area contributed by atoms with Crippen LogP contribution in [0.25, 0.3) is 33.3 Å². The van der Waals surface area contributed by atoms with Crippen LogP contribution >= 0.6 is 0 Å². The highest BCUT2D eigenvalue weighted by Crippen LogP contribution is 2.41. The lowest BCUT2D eigenvalue weighted by Gasteiger charge is -2.35. The molecule has 1 aliphatic heterocycles. The van der Waals surface area contributed by atoms with Crippen molar-refractivity contribution >= 4 is 10.9 Å². The second kappa shape index (κ2) is 12.2. The molecule has 204 valence electrons. The predicted octanol–water partition coefficient (Wildman–Crippen LogP) is 6.85. The fourth-order valence-electron chi connectivity index (χ4n) is 6.10. The molecule has 4 aromatic carbocycles. The number of hydrogen-bond acceptors (Lipinski definition) is 3. The third-order valence-corrected chi connectivity index (χ3v) is 8.21. The molecule has 0 radical (unpaired) electrons. The molecular formula is C36H39N3O. The minimum atomic E-state index is -0.426. The van der Waals surface area contributed by atoms with Crippen molar-refractivity contribution in [2.75, 3.05) is 32.7 Å². The maximum absolute atomic E-state index is 11.4. The molecule has 0 unspecified atom stereocenters. The van der Waals surface area contributed by atoms with Crippen LogP contribution in [0, 0.1) is 6.92 Å². The van der Waals surface area contributed by atoms with Gasteiger partial charge in [0.2, 0.25) is 0 Å². The lowest BCUT2D eigenvalue weighted by molar-refractivity contribution is 0.0931. The zero-order valence-electron chi connectivity index (χ0n) is 23.4. The first-order valence-electron chi connectivity index (χ1n) is 14.6. The first-order chi connectivity index (χ1) is 19.7. The molecule has 1 N–H and O–H groups in total. The second-order valence-electron chi connectivity index (χ2n) is 11.1. The largest absolute Gasteiger partial charge is 0.391 e. The summed E-state index contributed by atoms with van der Waals surface area (Å²) in [6.45, 7) is 8.93. The number of aliphatic hydroxyl groups excluding tert-OH is 1. The zero-order chi connectivity index (χ0) is 27.3. The smallest absolute Gasteiger partial charge is 0.0731 e. The fourth-order valence-corrected chi connectivity index (χ4v) is 6.10. The molecule has 4 heteroatoms. The van der Waals surface area contributed by atoms with Gasteiger partial charge in [0.15, 0.2) is 0 Å². The molecule has 4 nitrogen and oxygen atoms in total. The quantitative estimate of drug-likeness (QED) is 0.227. The SMILES string of the molecule is Cc1ccc2c(c1)c(-c1ccccc1)c(-c1ccccc1)n2C[C@H](O)CCN1CCN(Cc2ccccc2)CC1. The molecule has 0 bridgehead atoms. The summed E-state index contributed by atoms with van der Waals surface area (Å²) in [4.78, 5) is 5.04. The van der Waals surface area contributed by atoms with E-state index in [0.717, 1.165) is 45.7 Å². The number of hydrogen-bond donors (Lipinski definition) is 1. The summed E-state index contributed by atoms with van der Waals surface area (Å²) < 4.78 is 2.36. The Morgan fingerprint density at radius 2 is 1.30 bits per heavy atom. The molecule has 5 aromatic rings. The molecule has 1 atom stereocenters. The number of aromatic nitrogens is 1. The summed E-state index contributed by atoms with van der Waals surface area (Å²) in [6, 6.07) is 38.8. The zero-order valence-corrected chi connectivity index (χ0v) is 23.4. The number of aliphatic hydroxyl groups is 1. The summed E-state index contributed by atoms with van der Waals surface area (Å²) in [6.07, 6.45) is 0.337. The van der Waals surface area contributed by atoms with E-state index in [4.69, 9.17) is 0 Å². The van der Waals surface area contributed by atoms with Crippen LogP contribution in [0.15, 0.2) is 109 Å². The highest BCUT2D eigenvalue weighted by molar-refractivity contribution is 6.04. The van der Waals surface area contributed by atoms with Crippen molar-refractivity contribution in [3.63, 3.8) is 0 Å². The van der Waals surface area contributed by atoms with Crippen molar-refractivity contribution in [1.82, 2.24) is 14.4 Å². The number of piperazine rings is 1. The third-order valence-electron chi connectivity index (χ3n) is 8.21. The van der Waals surface area contributed by atoms with Crippen LogP contribution in [-0.4, -0.2) is 58.3 Å². The predicted molar refractivity (Wildman–Crippen MR) is 166 cm³/mol. The minimum Gasteiger partial charge on any atom is -0.391 e. The monoisotopic (exact) mass is 529 g/mol. The summed E-state index contributed by atoms with van der Waals surface area (Å²) in [5.41, 5.74) is 8.61. The van der Waals surface area contributed by atoms with E-state index >= 15 is 0 Å². The van der Waals surface area contributed by atoms with Gasteiger partial charge in [0.1, 0.15) is 0 Å². The number of fused-ring (bicyclic) bond motifs is 1. The Balaban J connectivity index is 1.21. The van der Waals surface area contributed by atoms with Crippen LogP contribution in [-0.2, 0) is 13.1 Å². The van der Waals surface area contributed by atoms with Crippen molar-refractivity contribution in [3.05, 3.63) is 120 Å². The maximum atomic E-state index is 11.4.